The number of para-hydroxylation sites is 1. The topological polar surface area (TPSA) is 37.9 Å². The molecule has 1 N–H and O–H groups in total. The Morgan fingerprint density at radius 2 is 1.95 bits per heavy atom. The number of benzene rings is 2. The normalized spacial score (nSPS) is 10.8. The van der Waals surface area contributed by atoms with Crippen LogP contribution in [0.3, 0.4) is 0 Å². The number of imidazole rings is 1. The molecular weight excluding hydrogens is 260 g/mol. The molecule has 4 heteroatoms. The summed E-state index contributed by atoms with van der Waals surface area (Å²) >= 11 is 5.85. The molecule has 0 amide bonds. The number of aromatic amines is 1. The molecule has 19 heavy (non-hydrogen) atoms. The number of halogens is 1. The van der Waals surface area contributed by atoms with E-state index in [1.54, 1.807) is 0 Å². The standard InChI is InChI=1S/C15H13ClN2O/c1-10-17-13-3-2-4-14(15(13)18-10)19-9-11-5-7-12(16)8-6-11/h2-8H,9H2,1H3,(H,17,18). The van der Waals surface area contributed by atoms with Crippen LogP contribution < -0.4 is 4.74 Å². The van der Waals surface area contributed by atoms with Gasteiger partial charge in [0.05, 0.1) is 5.52 Å². The third-order valence-corrected chi connectivity index (χ3v) is 3.15. The lowest BCUT2D eigenvalue weighted by molar-refractivity contribution is 0.309. The molecule has 0 saturated heterocycles. The SMILES string of the molecule is Cc1nc2c(OCc3ccc(Cl)cc3)cccc2[nH]1. The fourth-order valence-electron chi connectivity index (χ4n) is 1.99. The Labute approximate surface area is 116 Å². The number of rotatable bonds is 3. The highest BCUT2D eigenvalue weighted by Gasteiger charge is 2.06. The van der Waals surface area contributed by atoms with Crippen LogP contribution in [0.4, 0.5) is 0 Å². The lowest BCUT2D eigenvalue weighted by Crippen LogP contribution is -1.95. The predicted octanol–water partition coefficient (Wildman–Crippen LogP) is 4.10. The summed E-state index contributed by atoms with van der Waals surface area (Å²) in [5, 5.41) is 0.730. The minimum Gasteiger partial charge on any atom is -0.487 e. The number of aryl methyl sites for hydroxylation is 1. The van der Waals surface area contributed by atoms with Crippen LogP contribution in [0.25, 0.3) is 11.0 Å². The zero-order valence-corrected chi connectivity index (χ0v) is 11.2. The lowest BCUT2D eigenvalue weighted by atomic mass is 10.2. The minimum atomic E-state index is 0.502. The second-order valence-electron chi connectivity index (χ2n) is 4.39. The van der Waals surface area contributed by atoms with Gasteiger partial charge in [0.1, 0.15) is 23.7 Å². The van der Waals surface area contributed by atoms with Gasteiger partial charge in [-0.05, 0) is 36.8 Å². The van der Waals surface area contributed by atoms with Crippen LogP contribution in [0, 0.1) is 6.92 Å². The van der Waals surface area contributed by atoms with Gasteiger partial charge in [-0.2, -0.15) is 0 Å². The van der Waals surface area contributed by atoms with Gasteiger partial charge in [-0.15, -0.1) is 0 Å². The summed E-state index contributed by atoms with van der Waals surface area (Å²) in [6.07, 6.45) is 0. The molecule has 0 fully saturated rings. The van der Waals surface area contributed by atoms with Crippen molar-refractivity contribution >= 4 is 22.6 Å². The first kappa shape index (κ1) is 12.1. The van der Waals surface area contributed by atoms with Gasteiger partial charge in [0.25, 0.3) is 0 Å². The van der Waals surface area contributed by atoms with Crippen molar-refractivity contribution in [2.24, 2.45) is 0 Å². The van der Waals surface area contributed by atoms with E-state index in [2.05, 4.69) is 9.97 Å². The molecule has 3 nitrogen and oxygen atoms in total. The Kier molecular flexibility index (Phi) is 3.13. The number of nitrogens with zero attached hydrogens (tertiary/aromatic N) is 1. The number of nitrogens with one attached hydrogen (secondary N) is 1. The summed E-state index contributed by atoms with van der Waals surface area (Å²) in [7, 11) is 0. The van der Waals surface area contributed by atoms with E-state index in [1.807, 2.05) is 49.4 Å². The molecule has 0 atom stereocenters. The smallest absolute Gasteiger partial charge is 0.147 e. The van der Waals surface area contributed by atoms with E-state index in [1.165, 1.54) is 0 Å². The molecule has 0 unspecified atom stereocenters. The molecule has 1 aromatic heterocycles. The predicted molar refractivity (Wildman–Crippen MR) is 76.6 cm³/mol. The van der Waals surface area contributed by atoms with Gasteiger partial charge in [0, 0.05) is 5.02 Å². The second-order valence-corrected chi connectivity index (χ2v) is 4.83. The van der Waals surface area contributed by atoms with Gasteiger partial charge < -0.3 is 9.72 Å². The van der Waals surface area contributed by atoms with Crippen molar-refractivity contribution in [2.75, 3.05) is 0 Å². The van der Waals surface area contributed by atoms with Crippen molar-refractivity contribution in [2.45, 2.75) is 13.5 Å². The number of hydrogen-bond donors (Lipinski definition) is 1. The number of aromatic nitrogens is 2. The first-order chi connectivity index (χ1) is 9.22. The maximum atomic E-state index is 5.85. The quantitative estimate of drug-likeness (QED) is 0.779. The third-order valence-electron chi connectivity index (χ3n) is 2.90. The Balaban J connectivity index is 1.83. The van der Waals surface area contributed by atoms with E-state index in [-0.39, 0.29) is 0 Å². The minimum absolute atomic E-state index is 0.502. The van der Waals surface area contributed by atoms with Crippen molar-refractivity contribution in [1.82, 2.24) is 9.97 Å². The van der Waals surface area contributed by atoms with Crippen LogP contribution >= 0.6 is 11.6 Å². The van der Waals surface area contributed by atoms with Gasteiger partial charge in [-0.3, -0.25) is 0 Å². The van der Waals surface area contributed by atoms with Crippen molar-refractivity contribution in [3.8, 4) is 5.75 Å². The molecule has 96 valence electrons. The van der Waals surface area contributed by atoms with Gasteiger partial charge in [-0.25, -0.2) is 4.98 Å². The summed E-state index contributed by atoms with van der Waals surface area (Å²) in [6, 6.07) is 13.5. The molecule has 0 aliphatic carbocycles. The van der Waals surface area contributed by atoms with Gasteiger partial charge in [0.15, 0.2) is 0 Å². The van der Waals surface area contributed by atoms with Gasteiger partial charge in [0.2, 0.25) is 0 Å². The summed E-state index contributed by atoms with van der Waals surface area (Å²) in [5.41, 5.74) is 2.94. The zero-order chi connectivity index (χ0) is 13.2. The second kappa shape index (κ2) is 4.94. The van der Waals surface area contributed by atoms with E-state index in [4.69, 9.17) is 16.3 Å². The first-order valence-electron chi connectivity index (χ1n) is 6.05. The monoisotopic (exact) mass is 272 g/mol. The van der Waals surface area contributed by atoms with Crippen molar-refractivity contribution in [3.05, 3.63) is 58.9 Å². The fourth-order valence-corrected chi connectivity index (χ4v) is 2.11. The largest absolute Gasteiger partial charge is 0.487 e. The van der Waals surface area contributed by atoms with E-state index in [0.29, 0.717) is 6.61 Å². The molecule has 0 aliphatic heterocycles. The molecule has 0 radical (unpaired) electrons. The third kappa shape index (κ3) is 2.56. The Morgan fingerprint density at radius 3 is 2.74 bits per heavy atom. The van der Waals surface area contributed by atoms with E-state index >= 15 is 0 Å². The number of ether oxygens (including phenoxy) is 1. The van der Waals surface area contributed by atoms with Crippen LogP contribution in [0.1, 0.15) is 11.4 Å². The maximum absolute atomic E-state index is 5.85. The molecule has 2 aromatic carbocycles. The summed E-state index contributed by atoms with van der Waals surface area (Å²) in [5.74, 6) is 1.68. The van der Waals surface area contributed by atoms with Crippen LogP contribution in [0.15, 0.2) is 42.5 Å². The first-order valence-corrected chi connectivity index (χ1v) is 6.43. The maximum Gasteiger partial charge on any atom is 0.147 e. The van der Waals surface area contributed by atoms with E-state index in [9.17, 15) is 0 Å². The molecule has 0 bridgehead atoms. The van der Waals surface area contributed by atoms with Crippen LogP contribution in [0.2, 0.25) is 5.02 Å². The average Bonchev–Trinajstić information content (AvgIpc) is 2.79. The Hall–Kier alpha value is -2.00. The van der Waals surface area contributed by atoms with Gasteiger partial charge >= 0.3 is 0 Å². The van der Waals surface area contributed by atoms with Crippen LogP contribution in [-0.2, 0) is 6.61 Å². The zero-order valence-electron chi connectivity index (χ0n) is 10.5. The molecule has 3 aromatic rings. The van der Waals surface area contributed by atoms with Crippen molar-refractivity contribution in [1.29, 1.82) is 0 Å². The number of hydrogen-bond acceptors (Lipinski definition) is 2. The summed E-state index contributed by atoms with van der Waals surface area (Å²) < 4.78 is 5.83. The molecule has 0 spiro atoms. The highest BCUT2D eigenvalue weighted by atomic mass is 35.5. The molecule has 3 rings (SSSR count). The highest BCUT2D eigenvalue weighted by Crippen LogP contribution is 2.24. The van der Waals surface area contributed by atoms with E-state index in [0.717, 1.165) is 33.2 Å². The van der Waals surface area contributed by atoms with Gasteiger partial charge in [-0.1, -0.05) is 29.8 Å². The highest BCUT2D eigenvalue weighted by molar-refractivity contribution is 6.30. The Bertz CT molecular complexity index is 704. The molecule has 1 heterocycles. The molecule has 0 saturated carbocycles. The van der Waals surface area contributed by atoms with Crippen LogP contribution in [-0.4, -0.2) is 9.97 Å². The van der Waals surface area contributed by atoms with E-state index < -0.39 is 0 Å². The van der Waals surface area contributed by atoms with Crippen molar-refractivity contribution < 1.29 is 4.74 Å². The number of H-pyrrole nitrogens is 1. The molecular formula is C15H13ClN2O. The Morgan fingerprint density at radius 1 is 1.16 bits per heavy atom. The van der Waals surface area contributed by atoms with Crippen LogP contribution in [0.5, 0.6) is 5.75 Å². The summed E-state index contributed by atoms with van der Waals surface area (Å²) in [4.78, 5) is 7.63. The van der Waals surface area contributed by atoms with Crippen molar-refractivity contribution in [3.63, 3.8) is 0 Å². The lowest BCUT2D eigenvalue weighted by Gasteiger charge is -2.06. The average molecular weight is 273 g/mol. The fraction of sp³-hybridized carbons (Fsp3) is 0.133. The summed E-state index contributed by atoms with van der Waals surface area (Å²) in [6.45, 7) is 2.44. The molecule has 0 aliphatic rings. The number of fused-ring (bicyclic) bond motifs is 1.